The number of rotatable bonds is 7. The lowest BCUT2D eigenvalue weighted by Crippen LogP contribution is -2.68. The van der Waals surface area contributed by atoms with Gasteiger partial charge in [-0.3, -0.25) is 4.79 Å². The van der Waals surface area contributed by atoms with Gasteiger partial charge in [0.2, 0.25) is 0 Å². The molecule has 0 amide bonds. The van der Waals surface area contributed by atoms with Gasteiger partial charge in [0, 0.05) is 0 Å². The van der Waals surface area contributed by atoms with Crippen LogP contribution in [0.5, 0.6) is 0 Å². The quantitative estimate of drug-likeness (QED) is 0.481. The number of aliphatic hydroxyl groups is 1. The Bertz CT molecular complexity index is 704. The zero-order chi connectivity index (χ0) is 19.6. The van der Waals surface area contributed by atoms with Crippen LogP contribution in [-0.2, 0) is 28.7 Å². The summed E-state index contributed by atoms with van der Waals surface area (Å²) in [5, 5.41) is 11.7. The van der Waals surface area contributed by atoms with Crippen LogP contribution in [0.3, 0.4) is 0 Å². The van der Waals surface area contributed by atoms with Crippen LogP contribution < -0.4 is 0 Å². The second-order valence-corrected chi connectivity index (χ2v) is 5.69. The summed E-state index contributed by atoms with van der Waals surface area (Å²) < 4.78 is 15.0. The van der Waals surface area contributed by atoms with Crippen molar-refractivity contribution in [1.82, 2.24) is 10.1 Å². The minimum absolute atomic E-state index is 0.0492. The molecular formula is C16H18N2O9. The Hall–Kier alpha value is -3.05. The van der Waals surface area contributed by atoms with E-state index in [1.807, 2.05) is 0 Å². The summed E-state index contributed by atoms with van der Waals surface area (Å²) in [4.78, 5) is 45.9. The van der Waals surface area contributed by atoms with Crippen molar-refractivity contribution in [3.8, 4) is 0 Å². The number of hydrogen-bond acceptors (Lipinski definition) is 11. The molecule has 146 valence electrons. The van der Waals surface area contributed by atoms with E-state index in [0.29, 0.717) is 5.76 Å². The molecule has 0 spiro atoms. The molecule has 11 nitrogen and oxygen atoms in total. The molecule has 2 fully saturated rings. The average molecular weight is 382 g/mol. The van der Waals surface area contributed by atoms with Gasteiger partial charge in [0.1, 0.15) is 36.8 Å². The van der Waals surface area contributed by atoms with Gasteiger partial charge < -0.3 is 29.0 Å². The molecule has 0 aromatic rings. The minimum atomic E-state index is -1.06. The first-order valence-corrected chi connectivity index (χ1v) is 8.01. The molecule has 1 saturated carbocycles. The molecule has 0 radical (unpaired) electrons. The lowest BCUT2D eigenvalue weighted by atomic mass is 9.73. The Morgan fingerprint density at radius 3 is 2.37 bits per heavy atom. The SMILES string of the molecule is C=CCOC(=O)ON1C(CO)=C2OCN(OC(=O)OCC=C)[C@@H]3C(=O)C1[C@H]23. The highest BCUT2D eigenvalue weighted by atomic mass is 16.8. The largest absolute Gasteiger partial charge is 0.533 e. The summed E-state index contributed by atoms with van der Waals surface area (Å²) in [6.45, 7) is 5.91. The van der Waals surface area contributed by atoms with Gasteiger partial charge in [-0.05, 0) is 0 Å². The number of ketones is 1. The van der Waals surface area contributed by atoms with E-state index < -0.39 is 36.9 Å². The zero-order valence-corrected chi connectivity index (χ0v) is 14.2. The molecule has 1 aliphatic carbocycles. The highest BCUT2D eigenvalue weighted by Crippen LogP contribution is 2.49. The van der Waals surface area contributed by atoms with Gasteiger partial charge in [-0.2, -0.15) is 5.06 Å². The number of hydroxylamine groups is 4. The first-order chi connectivity index (χ1) is 13.0. The molecule has 1 unspecified atom stereocenters. The molecule has 11 heteroatoms. The number of Topliss-reactive ketones (excluding diaryl/α,β-unsaturated/α-hetero) is 1. The fraction of sp³-hybridized carbons (Fsp3) is 0.438. The fourth-order valence-corrected chi connectivity index (χ4v) is 3.14. The van der Waals surface area contributed by atoms with Gasteiger partial charge >= 0.3 is 12.3 Å². The first kappa shape index (κ1) is 18.7. The second kappa shape index (κ2) is 7.68. The van der Waals surface area contributed by atoms with Crippen LogP contribution in [0.25, 0.3) is 0 Å². The lowest BCUT2D eigenvalue weighted by Gasteiger charge is -2.47. The molecule has 0 bridgehead atoms. The van der Waals surface area contributed by atoms with E-state index in [1.165, 1.54) is 12.2 Å². The van der Waals surface area contributed by atoms with Gasteiger partial charge in [0.25, 0.3) is 0 Å². The van der Waals surface area contributed by atoms with E-state index in [-0.39, 0.29) is 31.4 Å². The summed E-state index contributed by atoms with van der Waals surface area (Å²) in [5.41, 5.74) is 0.130. The molecule has 2 aliphatic heterocycles. The van der Waals surface area contributed by atoms with E-state index in [1.54, 1.807) is 0 Å². The standard InChI is InChI=1S/C16H18N2O9/c1-3-5-23-15(21)26-17-8-25-14-9(7-19)18(27-16(22)24-6-4-2)12-10(14)11(17)13(12)20/h3-4,10-12,19H,1-2,5-8H2/t10-,11+,12?/m1/s1. The van der Waals surface area contributed by atoms with E-state index >= 15 is 0 Å². The molecule has 27 heavy (non-hydrogen) atoms. The number of ether oxygens (including phenoxy) is 3. The first-order valence-electron chi connectivity index (χ1n) is 8.01. The summed E-state index contributed by atoms with van der Waals surface area (Å²) in [6, 6.07) is -1.74. The maximum atomic E-state index is 12.6. The molecule has 3 atom stereocenters. The molecule has 3 aliphatic rings. The summed E-state index contributed by atoms with van der Waals surface area (Å²) in [6.07, 6.45) is 0.649. The highest BCUT2D eigenvalue weighted by Gasteiger charge is 2.67. The van der Waals surface area contributed by atoms with Crippen molar-refractivity contribution in [3.05, 3.63) is 36.8 Å². The van der Waals surface area contributed by atoms with E-state index in [9.17, 15) is 19.5 Å². The van der Waals surface area contributed by atoms with Crippen LogP contribution in [0, 0.1) is 5.92 Å². The van der Waals surface area contributed by atoms with Crippen LogP contribution in [0.2, 0.25) is 0 Å². The monoisotopic (exact) mass is 382 g/mol. The van der Waals surface area contributed by atoms with Gasteiger partial charge in [-0.1, -0.05) is 30.4 Å². The van der Waals surface area contributed by atoms with E-state index in [4.69, 9.17) is 23.9 Å². The molecule has 1 N–H and O–H groups in total. The average Bonchev–Trinajstić information content (AvgIpc) is 2.94. The third-order valence-corrected chi connectivity index (χ3v) is 4.18. The zero-order valence-electron chi connectivity index (χ0n) is 14.2. The molecule has 3 rings (SSSR count). The number of hydrogen-bond donors (Lipinski definition) is 1. The highest BCUT2D eigenvalue weighted by molar-refractivity contribution is 5.98. The molecule has 2 heterocycles. The predicted molar refractivity (Wildman–Crippen MR) is 85.1 cm³/mol. The van der Waals surface area contributed by atoms with Gasteiger partial charge in [0.05, 0.1) is 12.5 Å². The van der Waals surface area contributed by atoms with Crippen LogP contribution in [0.15, 0.2) is 36.8 Å². The van der Waals surface area contributed by atoms with Crippen molar-refractivity contribution in [2.75, 3.05) is 26.6 Å². The van der Waals surface area contributed by atoms with Crippen LogP contribution in [0.1, 0.15) is 0 Å². The maximum Gasteiger partial charge on any atom is 0.533 e. The Balaban J connectivity index is 1.72. The van der Waals surface area contributed by atoms with Crippen molar-refractivity contribution in [2.24, 2.45) is 5.92 Å². The lowest BCUT2D eigenvalue weighted by molar-refractivity contribution is -0.249. The Kier molecular flexibility index (Phi) is 5.33. The van der Waals surface area contributed by atoms with Crippen molar-refractivity contribution < 1.29 is 43.4 Å². The van der Waals surface area contributed by atoms with Crippen LogP contribution >= 0.6 is 0 Å². The minimum Gasteiger partial charge on any atom is -0.477 e. The van der Waals surface area contributed by atoms with E-state index in [0.717, 1.165) is 10.1 Å². The van der Waals surface area contributed by atoms with Crippen molar-refractivity contribution in [1.29, 1.82) is 0 Å². The molecule has 0 aromatic heterocycles. The summed E-state index contributed by atoms with van der Waals surface area (Å²) >= 11 is 0. The number of nitrogens with zero attached hydrogens (tertiary/aromatic N) is 2. The van der Waals surface area contributed by atoms with Crippen LogP contribution in [0.4, 0.5) is 9.59 Å². The summed E-state index contributed by atoms with van der Waals surface area (Å²) in [5.74, 6) is -0.659. The second-order valence-electron chi connectivity index (χ2n) is 5.69. The van der Waals surface area contributed by atoms with Crippen LogP contribution in [-0.4, -0.2) is 72.0 Å². The third kappa shape index (κ3) is 3.22. The van der Waals surface area contributed by atoms with Gasteiger partial charge in [0.15, 0.2) is 12.5 Å². The smallest absolute Gasteiger partial charge is 0.477 e. The number of aliphatic hydroxyl groups excluding tert-OH is 1. The molecule has 1 saturated heterocycles. The fourth-order valence-electron chi connectivity index (χ4n) is 3.14. The maximum absolute atomic E-state index is 12.6. The van der Waals surface area contributed by atoms with Crippen molar-refractivity contribution in [3.63, 3.8) is 0 Å². The predicted octanol–water partition coefficient (Wildman–Crippen LogP) is 0.240. The number of carbonyl (C=O) groups excluding carboxylic acids is 3. The number of carbonyl (C=O) groups is 3. The van der Waals surface area contributed by atoms with Gasteiger partial charge in [-0.15, -0.1) is 0 Å². The molecular weight excluding hydrogens is 364 g/mol. The Morgan fingerprint density at radius 1 is 1.15 bits per heavy atom. The van der Waals surface area contributed by atoms with E-state index in [2.05, 4.69) is 13.2 Å². The topological polar surface area (TPSA) is 124 Å². The Morgan fingerprint density at radius 2 is 1.78 bits per heavy atom. The normalized spacial score (nSPS) is 25.7. The third-order valence-electron chi connectivity index (χ3n) is 4.18. The van der Waals surface area contributed by atoms with Crippen molar-refractivity contribution >= 4 is 18.1 Å². The van der Waals surface area contributed by atoms with Gasteiger partial charge in [-0.25, -0.2) is 9.59 Å². The molecule has 0 aromatic carbocycles. The Labute approximate surface area is 153 Å². The van der Waals surface area contributed by atoms with Crippen molar-refractivity contribution in [2.45, 2.75) is 12.1 Å². The summed E-state index contributed by atoms with van der Waals surface area (Å²) in [7, 11) is 0.